The van der Waals surface area contributed by atoms with Crippen molar-refractivity contribution in [3.63, 3.8) is 0 Å². The van der Waals surface area contributed by atoms with E-state index in [1.165, 1.54) is 5.56 Å². The van der Waals surface area contributed by atoms with Crippen LogP contribution >= 0.6 is 11.6 Å². The van der Waals surface area contributed by atoms with Gasteiger partial charge in [0.25, 0.3) is 5.91 Å². The summed E-state index contributed by atoms with van der Waals surface area (Å²) in [5, 5.41) is 15.4. The van der Waals surface area contributed by atoms with Crippen molar-refractivity contribution in [1.82, 2.24) is 9.80 Å². The number of carbonyl (C=O) groups is 3. The lowest BCUT2D eigenvalue weighted by atomic mass is 10.2. The van der Waals surface area contributed by atoms with E-state index in [4.69, 9.17) is 40.9 Å². The predicted octanol–water partition coefficient (Wildman–Crippen LogP) is 2.23. The highest BCUT2D eigenvalue weighted by molar-refractivity contribution is 6.30. The minimum absolute atomic E-state index is 0.0148. The molecular formula is C22H25ClN2O7. The van der Waals surface area contributed by atoms with Crippen molar-refractivity contribution >= 4 is 29.4 Å². The summed E-state index contributed by atoms with van der Waals surface area (Å²) >= 11 is 5.84. The first-order valence-corrected chi connectivity index (χ1v) is 10.1. The number of amides is 1. The van der Waals surface area contributed by atoms with Gasteiger partial charge in [-0.15, -0.1) is 0 Å². The number of carboxylic acids is 2. The molecule has 0 spiro atoms. The average Bonchev–Trinajstić information content (AvgIpc) is 2.79. The topological polar surface area (TPSA) is 117 Å². The minimum atomic E-state index is -1.82. The molecule has 0 radical (unpaired) electrons. The molecule has 1 fully saturated rings. The molecule has 10 heteroatoms. The number of hydrogen-bond donors (Lipinski definition) is 2. The number of rotatable bonds is 6. The Balaban J connectivity index is 0.000000534. The molecule has 1 saturated heterocycles. The van der Waals surface area contributed by atoms with Crippen LogP contribution in [0, 0.1) is 0 Å². The van der Waals surface area contributed by atoms with Gasteiger partial charge in [-0.05, 0) is 42.0 Å². The van der Waals surface area contributed by atoms with Gasteiger partial charge in [-0.25, -0.2) is 9.59 Å². The molecule has 3 rings (SSSR count). The van der Waals surface area contributed by atoms with Crippen LogP contribution in [0.15, 0.2) is 48.5 Å². The van der Waals surface area contributed by atoms with E-state index in [1.807, 2.05) is 17.0 Å². The van der Waals surface area contributed by atoms with Gasteiger partial charge < -0.3 is 24.6 Å². The largest absolute Gasteiger partial charge is 0.497 e. The zero-order valence-electron chi connectivity index (χ0n) is 17.6. The molecule has 172 valence electrons. The Bertz CT molecular complexity index is 901. The monoisotopic (exact) mass is 464 g/mol. The quantitative estimate of drug-likeness (QED) is 0.625. The van der Waals surface area contributed by atoms with Crippen LogP contribution < -0.4 is 9.47 Å². The molecule has 0 aromatic heterocycles. The average molecular weight is 465 g/mol. The molecule has 0 bridgehead atoms. The Morgan fingerprint density at radius 3 is 2.12 bits per heavy atom. The number of benzene rings is 2. The van der Waals surface area contributed by atoms with E-state index in [2.05, 4.69) is 17.0 Å². The summed E-state index contributed by atoms with van der Waals surface area (Å²) in [6, 6.07) is 15.1. The first-order valence-electron chi connectivity index (χ1n) is 9.76. The second-order valence-electron chi connectivity index (χ2n) is 6.86. The van der Waals surface area contributed by atoms with Gasteiger partial charge >= 0.3 is 11.9 Å². The molecule has 2 aromatic carbocycles. The lowest BCUT2D eigenvalue weighted by Gasteiger charge is -2.34. The fourth-order valence-electron chi connectivity index (χ4n) is 2.95. The molecule has 1 heterocycles. The second kappa shape index (κ2) is 12.5. The third-order valence-corrected chi connectivity index (χ3v) is 4.88. The van der Waals surface area contributed by atoms with Crippen LogP contribution in [0.3, 0.4) is 0 Å². The summed E-state index contributed by atoms with van der Waals surface area (Å²) < 4.78 is 10.8. The SMILES string of the molecule is COc1cccc(CN2CCN(C(=O)COc3ccc(Cl)cc3)CC2)c1.O=C(O)C(=O)O. The summed E-state index contributed by atoms with van der Waals surface area (Å²) in [6.07, 6.45) is 0. The summed E-state index contributed by atoms with van der Waals surface area (Å²) in [5.41, 5.74) is 1.22. The van der Waals surface area contributed by atoms with Crippen LogP contribution in [0.4, 0.5) is 0 Å². The van der Waals surface area contributed by atoms with Gasteiger partial charge in [0.15, 0.2) is 6.61 Å². The molecular weight excluding hydrogens is 440 g/mol. The Labute approximate surface area is 190 Å². The standard InChI is InChI=1S/C20H23ClN2O3.C2H2O4/c1-25-19-4-2-3-16(13-19)14-22-9-11-23(12-10-22)20(24)15-26-18-7-5-17(21)6-8-18;3-1(4)2(5)6/h2-8,13H,9-12,14-15H2,1H3;(H,3,4)(H,5,6). The van der Waals surface area contributed by atoms with E-state index < -0.39 is 11.9 Å². The van der Waals surface area contributed by atoms with Gasteiger partial charge in [0.1, 0.15) is 11.5 Å². The third kappa shape index (κ3) is 8.44. The van der Waals surface area contributed by atoms with Gasteiger partial charge in [0.2, 0.25) is 0 Å². The van der Waals surface area contributed by atoms with E-state index in [1.54, 1.807) is 31.4 Å². The highest BCUT2D eigenvalue weighted by atomic mass is 35.5. The van der Waals surface area contributed by atoms with Crippen molar-refractivity contribution in [1.29, 1.82) is 0 Å². The van der Waals surface area contributed by atoms with Crippen LogP contribution in [-0.4, -0.2) is 77.8 Å². The van der Waals surface area contributed by atoms with Gasteiger partial charge in [0.05, 0.1) is 7.11 Å². The Morgan fingerprint density at radius 2 is 1.56 bits per heavy atom. The maximum absolute atomic E-state index is 12.3. The van der Waals surface area contributed by atoms with E-state index in [9.17, 15) is 4.79 Å². The van der Waals surface area contributed by atoms with Crippen molar-refractivity contribution in [2.45, 2.75) is 6.54 Å². The van der Waals surface area contributed by atoms with Crippen LogP contribution in [0.5, 0.6) is 11.5 Å². The van der Waals surface area contributed by atoms with Crippen LogP contribution in [0.1, 0.15) is 5.56 Å². The number of nitrogens with zero attached hydrogens (tertiary/aromatic N) is 2. The van der Waals surface area contributed by atoms with Gasteiger partial charge in [0, 0.05) is 37.7 Å². The molecule has 1 amide bonds. The Morgan fingerprint density at radius 1 is 0.938 bits per heavy atom. The molecule has 0 atom stereocenters. The first-order chi connectivity index (χ1) is 15.3. The van der Waals surface area contributed by atoms with E-state index in [-0.39, 0.29) is 12.5 Å². The molecule has 32 heavy (non-hydrogen) atoms. The van der Waals surface area contributed by atoms with Crippen molar-refractivity contribution in [2.75, 3.05) is 39.9 Å². The van der Waals surface area contributed by atoms with E-state index in [0.717, 1.165) is 25.4 Å². The molecule has 1 aliphatic heterocycles. The second-order valence-corrected chi connectivity index (χ2v) is 7.30. The van der Waals surface area contributed by atoms with Crippen LogP contribution in [0.2, 0.25) is 5.02 Å². The highest BCUT2D eigenvalue weighted by Crippen LogP contribution is 2.17. The number of piperazine rings is 1. The summed E-state index contributed by atoms with van der Waals surface area (Å²) in [5.74, 6) is -2.11. The maximum atomic E-state index is 12.3. The Hall–Kier alpha value is -3.30. The third-order valence-electron chi connectivity index (χ3n) is 4.62. The number of hydrogen-bond acceptors (Lipinski definition) is 6. The number of carbonyl (C=O) groups excluding carboxylic acids is 1. The smallest absolute Gasteiger partial charge is 0.414 e. The highest BCUT2D eigenvalue weighted by Gasteiger charge is 2.21. The molecule has 2 aromatic rings. The zero-order chi connectivity index (χ0) is 23.5. The van der Waals surface area contributed by atoms with Crippen molar-refractivity contribution < 1.29 is 34.1 Å². The molecule has 0 saturated carbocycles. The normalized spacial score (nSPS) is 13.5. The summed E-state index contributed by atoms with van der Waals surface area (Å²) in [4.78, 5) is 34.7. The molecule has 1 aliphatic rings. The van der Waals surface area contributed by atoms with E-state index >= 15 is 0 Å². The summed E-state index contributed by atoms with van der Waals surface area (Å²) in [7, 11) is 1.68. The van der Waals surface area contributed by atoms with Gasteiger partial charge in [-0.1, -0.05) is 23.7 Å². The van der Waals surface area contributed by atoms with Crippen molar-refractivity contribution in [2.24, 2.45) is 0 Å². The van der Waals surface area contributed by atoms with Gasteiger partial charge in [-0.3, -0.25) is 9.69 Å². The molecule has 9 nitrogen and oxygen atoms in total. The maximum Gasteiger partial charge on any atom is 0.414 e. The number of methoxy groups -OCH3 is 1. The molecule has 2 N–H and O–H groups in total. The number of aliphatic carboxylic acids is 2. The molecule has 0 unspecified atom stereocenters. The fraction of sp³-hybridized carbons (Fsp3) is 0.318. The lowest BCUT2D eigenvalue weighted by Crippen LogP contribution is -2.49. The van der Waals surface area contributed by atoms with Crippen molar-refractivity contribution in [3.8, 4) is 11.5 Å². The first kappa shape index (κ1) is 25.0. The molecule has 0 aliphatic carbocycles. The summed E-state index contributed by atoms with van der Waals surface area (Å²) in [6.45, 7) is 4.05. The predicted molar refractivity (Wildman–Crippen MR) is 117 cm³/mol. The number of ether oxygens (including phenoxy) is 2. The number of carboxylic acid groups (broad SMARTS) is 2. The fourth-order valence-corrected chi connectivity index (χ4v) is 3.08. The Kier molecular flexibility index (Phi) is 9.77. The van der Waals surface area contributed by atoms with Crippen molar-refractivity contribution in [3.05, 3.63) is 59.1 Å². The number of halogens is 1. The van der Waals surface area contributed by atoms with Gasteiger partial charge in [-0.2, -0.15) is 0 Å². The van der Waals surface area contributed by atoms with Crippen LogP contribution in [-0.2, 0) is 20.9 Å². The van der Waals surface area contributed by atoms with E-state index in [0.29, 0.717) is 23.9 Å². The zero-order valence-corrected chi connectivity index (χ0v) is 18.3. The lowest BCUT2D eigenvalue weighted by molar-refractivity contribution is -0.159. The minimum Gasteiger partial charge on any atom is -0.497 e. The van der Waals surface area contributed by atoms with Crippen LogP contribution in [0.25, 0.3) is 0 Å².